The van der Waals surface area contributed by atoms with Gasteiger partial charge in [0.05, 0.1) is 18.5 Å². The largest absolute Gasteiger partial charge is 0.354 e. The monoisotopic (exact) mass is 209 g/mol. The Morgan fingerprint density at radius 2 is 2.20 bits per heavy atom. The summed E-state index contributed by atoms with van der Waals surface area (Å²) in [6.07, 6.45) is 4.90. The maximum atomic E-state index is 11.3. The van der Waals surface area contributed by atoms with E-state index in [9.17, 15) is 4.79 Å². The van der Waals surface area contributed by atoms with Crippen molar-refractivity contribution in [3.05, 3.63) is 0 Å². The quantitative estimate of drug-likeness (QED) is 0.703. The number of carbonyl (C=O) groups excluding carboxylic acids is 1. The van der Waals surface area contributed by atoms with Crippen molar-refractivity contribution >= 4 is 5.91 Å². The zero-order chi connectivity index (χ0) is 11.1. The highest BCUT2D eigenvalue weighted by atomic mass is 16.1. The molecule has 2 N–H and O–H groups in total. The number of carbonyl (C=O) groups is 1. The second kappa shape index (κ2) is 6.41. The molecule has 0 spiro atoms. The van der Waals surface area contributed by atoms with E-state index in [4.69, 9.17) is 5.26 Å². The molecule has 4 heteroatoms. The van der Waals surface area contributed by atoms with E-state index in [-0.39, 0.29) is 11.8 Å². The lowest BCUT2D eigenvalue weighted by molar-refractivity contribution is -0.120. The predicted molar refractivity (Wildman–Crippen MR) is 58.0 cm³/mol. The van der Waals surface area contributed by atoms with Crippen LogP contribution in [-0.4, -0.2) is 25.0 Å². The minimum absolute atomic E-state index is 0.0102. The summed E-state index contributed by atoms with van der Waals surface area (Å²) in [5, 5.41) is 14.5. The molecule has 0 aromatic rings. The molecule has 1 aliphatic carbocycles. The maximum absolute atomic E-state index is 11.3. The van der Waals surface area contributed by atoms with Crippen LogP contribution in [0.3, 0.4) is 0 Å². The number of nitrogens with one attached hydrogen (secondary N) is 2. The van der Waals surface area contributed by atoms with Crippen LogP contribution < -0.4 is 10.6 Å². The summed E-state index contributed by atoms with van der Waals surface area (Å²) in [4.78, 5) is 11.3. The molecule has 1 aliphatic rings. The van der Waals surface area contributed by atoms with Gasteiger partial charge in [-0.3, -0.25) is 4.79 Å². The minimum Gasteiger partial charge on any atom is -0.354 e. The first-order valence-corrected chi connectivity index (χ1v) is 5.62. The fraction of sp³-hybridized carbons (Fsp3) is 0.818. The summed E-state index contributed by atoms with van der Waals surface area (Å²) in [6, 6.07) is 2.60. The predicted octanol–water partition coefficient (Wildman–Crippen LogP) is 0.794. The summed E-state index contributed by atoms with van der Waals surface area (Å²) < 4.78 is 0. The van der Waals surface area contributed by atoms with Gasteiger partial charge in [-0.1, -0.05) is 12.8 Å². The molecular weight excluding hydrogens is 190 g/mol. The van der Waals surface area contributed by atoms with Crippen molar-refractivity contribution in [2.45, 2.75) is 38.6 Å². The number of rotatable bonds is 5. The molecule has 1 unspecified atom stereocenters. The van der Waals surface area contributed by atoms with Crippen LogP contribution in [0.1, 0.15) is 32.6 Å². The molecule has 0 saturated heterocycles. The molecule has 84 valence electrons. The number of hydrogen-bond donors (Lipinski definition) is 2. The Balaban J connectivity index is 2.05. The molecule has 0 bridgehead atoms. The lowest BCUT2D eigenvalue weighted by atomic mass is 10.2. The van der Waals surface area contributed by atoms with Crippen LogP contribution in [0.25, 0.3) is 0 Å². The van der Waals surface area contributed by atoms with E-state index in [1.807, 2.05) is 0 Å². The molecule has 1 rings (SSSR count). The SMILES string of the molecule is CC(C#N)CNC(=O)CNC1CCCC1. The van der Waals surface area contributed by atoms with Gasteiger partial charge in [-0.15, -0.1) is 0 Å². The molecule has 15 heavy (non-hydrogen) atoms. The summed E-state index contributed by atoms with van der Waals surface area (Å²) in [5.74, 6) is -0.121. The maximum Gasteiger partial charge on any atom is 0.234 e. The minimum atomic E-state index is -0.111. The summed E-state index contributed by atoms with van der Waals surface area (Å²) >= 11 is 0. The van der Waals surface area contributed by atoms with E-state index in [2.05, 4.69) is 16.7 Å². The second-order valence-electron chi connectivity index (χ2n) is 4.20. The van der Waals surface area contributed by atoms with Gasteiger partial charge in [0.1, 0.15) is 0 Å². The topological polar surface area (TPSA) is 64.9 Å². The van der Waals surface area contributed by atoms with Gasteiger partial charge in [0.25, 0.3) is 0 Å². The summed E-state index contributed by atoms with van der Waals surface area (Å²) in [7, 11) is 0. The van der Waals surface area contributed by atoms with Gasteiger partial charge in [-0.2, -0.15) is 5.26 Å². The van der Waals surface area contributed by atoms with E-state index in [0.29, 0.717) is 19.1 Å². The normalized spacial score (nSPS) is 18.4. The first-order valence-electron chi connectivity index (χ1n) is 5.62. The van der Waals surface area contributed by atoms with Crippen molar-refractivity contribution in [3.63, 3.8) is 0 Å². The molecule has 0 aromatic heterocycles. The molecular formula is C11H19N3O. The van der Waals surface area contributed by atoms with Crippen LogP contribution >= 0.6 is 0 Å². The Bertz CT molecular complexity index is 241. The third kappa shape index (κ3) is 4.80. The number of amides is 1. The van der Waals surface area contributed by atoms with Crippen molar-refractivity contribution in [1.29, 1.82) is 5.26 Å². The third-order valence-electron chi connectivity index (χ3n) is 2.73. The first kappa shape index (κ1) is 12.0. The van der Waals surface area contributed by atoms with Gasteiger partial charge in [0.15, 0.2) is 0 Å². The molecule has 0 heterocycles. The molecule has 1 atom stereocenters. The molecule has 1 amide bonds. The second-order valence-corrected chi connectivity index (χ2v) is 4.20. The van der Waals surface area contributed by atoms with Crippen molar-refractivity contribution in [1.82, 2.24) is 10.6 Å². The number of hydrogen-bond acceptors (Lipinski definition) is 3. The lowest BCUT2D eigenvalue weighted by Crippen LogP contribution is -2.39. The van der Waals surface area contributed by atoms with Gasteiger partial charge < -0.3 is 10.6 Å². The van der Waals surface area contributed by atoms with Gasteiger partial charge in [0, 0.05) is 12.6 Å². The van der Waals surface area contributed by atoms with E-state index >= 15 is 0 Å². The lowest BCUT2D eigenvalue weighted by Gasteiger charge is -2.11. The van der Waals surface area contributed by atoms with Crippen LogP contribution in [0, 0.1) is 17.2 Å². The van der Waals surface area contributed by atoms with Crippen LogP contribution in [0.5, 0.6) is 0 Å². The van der Waals surface area contributed by atoms with E-state index in [0.717, 1.165) is 0 Å². The van der Waals surface area contributed by atoms with Gasteiger partial charge in [0.2, 0.25) is 5.91 Å². The molecule has 0 aliphatic heterocycles. The molecule has 1 saturated carbocycles. The zero-order valence-electron chi connectivity index (χ0n) is 9.25. The van der Waals surface area contributed by atoms with Gasteiger partial charge >= 0.3 is 0 Å². The van der Waals surface area contributed by atoms with Gasteiger partial charge in [-0.05, 0) is 19.8 Å². The number of nitriles is 1. The Morgan fingerprint density at radius 1 is 1.53 bits per heavy atom. The fourth-order valence-corrected chi connectivity index (χ4v) is 1.74. The number of nitrogens with zero attached hydrogens (tertiary/aromatic N) is 1. The first-order chi connectivity index (χ1) is 7.22. The van der Waals surface area contributed by atoms with E-state index < -0.39 is 0 Å². The van der Waals surface area contributed by atoms with E-state index in [1.165, 1.54) is 25.7 Å². The highest BCUT2D eigenvalue weighted by Crippen LogP contribution is 2.17. The third-order valence-corrected chi connectivity index (χ3v) is 2.73. The Hall–Kier alpha value is -1.08. The van der Waals surface area contributed by atoms with Crippen LogP contribution in [0.15, 0.2) is 0 Å². The Kier molecular flexibility index (Phi) is 5.13. The summed E-state index contributed by atoms with van der Waals surface area (Å²) in [5.41, 5.74) is 0. The Morgan fingerprint density at radius 3 is 2.80 bits per heavy atom. The summed E-state index contributed by atoms with van der Waals surface area (Å²) in [6.45, 7) is 2.62. The average molecular weight is 209 g/mol. The molecule has 4 nitrogen and oxygen atoms in total. The van der Waals surface area contributed by atoms with Crippen molar-refractivity contribution < 1.29 is 4.79 Å². The fourth-order valence-electron chi connectivity index (χ4n) is 1.74. The van der Waals surface area contributed by atoms with Crippen LogP contribution in [0.2, 0.25) is 0 Å². The molecule has 1 fully saturated rings. The average Bonchev–Trinajstić information content (AvgIpc) is 2.75. The zero-order valence-corrected chi connectivity index (χ0v) is 9.25. The van der Waals surface area contributed by atoms with E-state index in [1.54, 1.807) is 6.92 Å². The van der Waals surface area contributed by atoms with Crippen molar-refractivity contribution in [2.75, 3.05) is 13.1 Å². The standard InChI is InChI=1S/C11H19N3O/c1-9(6-12)7-14-11(15)8-13-10-4-2-3-5-10/h9-10,13H,2-5,7-8H2,1H3,(H,14,15). The smallest absolute Gasteiger partial charge is 0.234 e. The highest BCUT2D eigenvalue weighted by Gasteiger charge is 2.15. The van der Waals surface area contributed by atoms with Crippen molar-refractivity contribution in [2.24, 2.45) is 5.92 Å². The van der Waals surface area contributed by atoms with Crippen molar-refractivity contribution in [3.8, 4) is 6.07 Å². The van der Waals surface area contributed by atoms with Gasteiger partial charge in [-0.25, -0.2) is 0 Å². The highest BCUT2D eigenvalue weighted by molar-refractivity contribution is 5.78. The van der Waals surface area contributed by atoms with Crippen LogP contribution in [0.4, 0.5) is 0 Å². The van der Waals surface area contributed by atoms with Crippen LogP contribution in [-0.2, 0) is 4.79 Å². The molecule has 0 radical (unpaired) electrons. The Labute approximate surface area is 91.0 Å². The molecule has 0 aromatic carbocycles.